The number of amides is 1. The van der Waals surface area contributed by atoms with Gasteiger partial charge < -0.3 is 5.32 Å². The van der Waals surface area contributed by atoms with E-state index in [4.69, 9.17) is 0 Å². The largest absolute Gasteiger partial charge is 0.344 e. The summed E-state index contributed by atoms with van der Waals surface area (Å²) < 4.78 is 1.73. The smallest absolute Gasteiger partial charge is 0.267 e. The number of hydrogen-bond acceptors (Lipinski definition) is 4. The third kappa shape index (κ3) is 4.12. The lowest BCUT2D eigenvalue weighted by Crippen LogP contribution is -2.45. The summed E-state index contributed by atoms with van der Waals surface area (Å²) in [4.78, 5) is 39.4. The van der Waals surface area contributed by atoms with Crippen molar-refractivity contribution in [1.82, 2.24) is 14.9 Å². The molecule has 0 saturated heterocycles. The Kier molecular flexibility index (Phi) is 5.85. The number of carbonyl (C=O) groups is 2. The van der Waals surface area contributed by atoms with Crippen molar-refractivity contribution < 1.29 is 9.59 Å². The van der Waals surface area contributed by atoms with Crippen molar-refractivity contribution >= 4 is 34.3 Å². The monoisotopic (exact) mass is 391 g/mol. The fourth-order valence-electron chi connectivity index (χ4n) is 1.77. The van der Waals surface area contributed by atoms with Crippen LogP contribution in [0.1, 0.15) is 26.5 Å². The second kappa shape index (κ2) is 6.96. The van der Waals surface area contributed by atoms with E-state index >= 15 is 0 Å². The predicted molar refractivity (Wildman–Crippen MR) is 83.4 cm³/mol. The molecule has 0 bridgehead atoms. The van der Waals surface area contributed by atoms with Gasteiger partial charge in [0.05, 0.1) is 21.6 Å². The predicted octanol–water partition coefficient (Wildman–Crippen LogP) is 0.886. The second-order valence-electron chi connectivity index (χ2n) is 4.98. The highest BCUT2D eigenvalue weighted by Gasteiger charge is 2.21. The third-order valence-corrected chi connectivity index (χ3v) is 4.13. The molecule has 1 aromatic heterocycles. The minimum Gasteiger partial charge on any atom is -0.344 e. The third-order valence-electron chi connectivity index (χ3n) is 2.89. The van der Waals surface area contributed by atoms with E-state index in [-0.39, 0.29) is 29.7 Å². The average molecular weight is 391 g/mol. The molecule has 0 spiro atoms. The SMILES string of the molecule is CC(=O)C(NC(=O)Cn1cnc(C)c(I)c1=O)C(C)C. The number of aryl methyl sites for hydroxylation is 1. The molecule has 0 fully saturated rings. The lowest BCUT2D eigenvalue weighted by Gasteiger charge is -2.19. The van der Waals surface area contributed by atoms with Gasteiger partial charge in [-0.25, -0.2) is 4.98 Å². The van der Waals surface area contributed by atoms with Crippen LogP contribution in [0.3, 0.4) is 0 Å². The van der Waals surface area contributed by atoms with Gasteiger partial charge in [0.1, 0.15) is 6.54 Å². The molecular weight excluding hydrogens is 373 g/mol. The summed E-state index contributed by atoms with van der Waals surface area (Å²) in [5.74, 6) is -0.468. The molecule has 7 heteroatoms. The zero-order valence-electron chi connectivity index (χ0n) is 11.9. The topological polar surface area (TPSA) is 81.1 Å². The van der Waals surface area contributed by atoms with Gasteiger partial charge in [0, 0.05) is 0 Å². The Labute approximate surface area is 131 Å². The molecule has 20 heavy (non-hydrogen) atoms. The molecule has 1 aromatic rings. The summed E-state index contributed by atoms with van der Waals surface area (Å²) >= 11 is 1.91. The number of hydrogen-bond donors (Lipinski definition) is 1. The van der Waals surface area contributed by atoms with Gasteiger partial charge in [0.25, 0.3) is 5.56 Å². The summed E-state index contributed by atoms with van der Waals surface area (Å²) in [6.07, 6.45) is 1.34. The van der Waals surface area contributed by atoms with E-state index in [0.717, 1.165) is 0 Å². The van der Waals surface area contributed by atoms with E-state index in [9.17, 15) is 14.4 Å². The van der Waals surface area contributed by atoms with Crippen LogP contribution < -0.4 is 10.9 Å². The van der Waals surface area contributed by atoms with Gasteiger partial charge in [-0.15, -0.1) is 0 Å². The van der Waals surface area contributed by atoms with Gasteiger partial charge in [-0.05, 0) is 42.4 Å². The molecule has 1 atom stereocenters. The Hall–Kier alpha value is -1.25. The molecule has 0 saturated carbocycles. The summed E-state index contributed by atoms with van der Waals surface area (Å²) in [7, 11) is 0. The quantitative estimate of drug-likeness (QED) is 0.756. The molecule has 6 nitrogen and oxygen atoms in total. The summed E-state index contributed by atoms with van der Waals surface area (Å²) in [5, 5.41) is 2.65. The fourth-order valence-corrected chi connectivity index (χ4v) is 2.22. The van der Waals surface area contributed by atoms with Crippen molar-refractivity contribution in [2.75, 3.05) is 0 Å². The first kappa shape index (κ1) is 16.8. The first-order valence-electron chi connectivity index (χ1n) is 6.25. The second-order valence-corrected chi connectivity index (χ2v) is 6.06. The molecule has 1 unspecified atom stereocenters. The molecule has 1 rings (SSSR count). The summed E-state index contributed by atoms with van der Waals surface area (Å²) in [6, 6.07) is -0.532. The Balaban J connectivity index is 2.84. The molecule has 0 aromatic carbocycles. The highest BCUT2D eigenvalue weighted by molar-refractivity contribution is 14.1. The Morgan fingerprint density at radius 3 is 2.55 bits per heavy atom. The number of nitrogens with one attached hydrogen (secondary N) is 1. The van der Waals surface area contributed by atoms with Gasteiger partial charge in [0.15, 0.2) is 5.78 Å². The van der Waals surface area contributed by atoms with Crippen LogP contribution in [0, 0.1) is 16.4 Å². The number of Topliss-reactive ketones (excluding diaryl/α,β-unsaturated/α-hetero) is 1. The molecule has 110 valence electrons. The number of rotatable bonds is 5. The van der Waals surface area contributed by atoms with E-state index in [0.29, 0.717) is 9.26 Å². The minimum absolute atomic E-state index is 0.00412. The van der Waals surface area contributed by atoms with Crippen molar-refractivity contribution in [3.05, 3.63) is 25.9 Å². The van der Waals surface area contributed by atoms with Crippen molar-refractivity contribution in [2.45, 2.75) is 40.3 Å². The van der Waals surface area contributed by atoms with Crippen molar-refractivity contribution in [2.24, 2.45) is 5.92 Å². The first-order chi connectivity index (χ1) is 9.23. The molecule has 1 heterocycles. The highest BCUT2D eigenvalue weighted by atomic mass is 127. The van der Waals surface area contributed by atoms with Gasteiger partial charge in [0.2, 0.25) is 5.91 Å². The van der Waals surface area contributed by atoms with Crippen LogP contribution in [0.5, 0.6) is 0 Å². The maximum atomic E-state index is 11.9. The normalized spacial score (nSPS) is 12.3. The van der Waals surface area contributed by atoms with Gasteiger partial charge in [-0.2, -0.15) is 0 Å². The Morgan fingerprint density at radius 1 is 1.45 bits per heavy atom. The number of halogens is 1. The van der Waals surface area contributed by atoms with Gasteiger partial charge >= 0.3 is 0 Å². The summed E-state index contributed by atoms with van der Waals surface area (Å²) in [6.45, 7) is 6.74. The van der Waals surface area contributed by atoms with Crippen LogP contribution in [0.4, 0.5) is 0 Å². The van der Waals surface area contributed by atoms with E-state index in [2.05, 4.69) is 10.3 Å². The standard InChI is InChI=1S/C13H18IN3O3/c1-7(2)12(9(4)18)16-10(19)5-17-6-15-8(3)11(14)13(17)20/h6-7,12H,5H2,1-4H3,(H,16,19). The van der Waals surface area contributed by atoms with E-state index in [1.54, 1.807) is 6.92 Å². The molecular formula is C13H18IN3O3. The van der Waals surface area contributed by atoms with Crippen molar-refractivity contribution in [3.63, 3.8) is 0 Å². The molecule has 1 amide bonds. The number of ketones is 1. The highest BCUT2D eigenvalue weighted by Crippen LogP contribution is 2.03. The molecule has 0 aliphatic carbocycles. The van der Waals surface area contributed by atoms with Crippen molar-refractivity contribution in [1.29, 1.82) is 0 Å². The van der Waals surface area contributed by atoms with E-state index in [1.807, 2.05) is 36.4 Å². The number of carbonyl (C=O) groups excluding carboxylic acids is 2. The molecule has 1 N–H and O–H groups in total. The van der Waals surface area contributed by atoms with Crippen LogP contribution >= 0.6 is 22.6 Å². The minimum atomic E-state index is -0.532. The molecule has 0 radical (unpaired) electrons. The lowest BCUT2D eigenvalue weighted by molar-refractivity contribution is -0.128. The van der Waals surface area contributed by atoms with Crippen LogP contribution in [0.25, 0.3) is 0 Å². The molecule has 0 aliphatic heterocycles. The van der Waals surface area contributed by atoms with Gasteiger partial charge in [-0.3, -0.25) is 19.0 Å². The first-order valence-corrected chi connectivity index (χ1v) is 7.33. The van der Waals surface area contributed by atoms with Gasteiger partial charge in [-0.1, -0.05) is 13.8 Å². The Morgan fingerprint density at radius 2 is 2.05 bits per heavy atom. The van der Waals surface area contributed by atoms with E-state index in [1.165, 1.54) is 17.8 Å². The number of aromatic nitrogens is 2. The number of nitrogens with zero attached hydrogens (tertiary/aromatic N) is 2. The van der Waals surface area contributed by atoms with Crippen LogP contribution in [-0.2, 0) is 16.1 Å². The van der Waals surface area contributed by atoms with Crippen LogP contribution in [0.15, 0.2) is 11.1 Å². The van der Waals surface area contributed by atoms with Crippen LogP contribution in [-0.4, -0.2) is 27.3 Å². The van der Waals surface area contributed by atoms with Crippen LogP contribution in [0.2, 0.25) is 0 Å². The van der Waals surface area contributed by atoms with Crippen molar-refractivity contribution in [3.8, 4) is 0 Å². The maximum Gasteiger partial charge on any atom is 0.267 e. The van der Waals surface area contributed by atoms with E-state index < -0.39 is 6.04 Å². The fraction of sp³-hybridized carbons (Fsp3) is 0.538. The maximum absolute atomic E-state index is 11.9. The molecule has 0 aliphatic rings. The zero-order chi connectivity index (χ0) is 15.4. The zero-order valence-corrected chi connectivity index (χ0v) is 14.1. The lowest BCUT2D eigenvalue weighted by atomic mass is 10.0. The Bertz CT molecular complexity index is 581. The average Bonchev–Trinajstić information content (AvgIpc) is 2.36. The summed E-state index contributed by atoms with van der Waals surface area (Å²) in [5.41, 5.74) is 0.383.